The number of H-pyrrole nitrogens is 1. The number of nitrogens with one attached hydrogen (secondary N) is 2. The first-order valence-electron chi connectivity index (χ1n) is 8.51. The molecule has 0 aliphatic carbocycles. The Morgan fingerprint density at radius 2 is 2.10 bits per heavy atom. The summed E-state index contributed by atoms with van der Waals surface area (Å²) >= 11 is 4.47. The molecule has 7 nitrogen and oxygen atoms in total. The molecule has 10 heteroatoms. The standard InChI is InChI=1S/C19H18N4O3S3/c1-12-2-4-13(5-3-12)10-27-18-22-23-19(29-18)28-11-17(26)21-20-9-14-6-7-15(24)8-16(14)25/h2-9,24-25H,10-11H2,1H3,(H,21,26)/b20-9+. The Labute approximate surface area is 180 Å². The molecule has 150 valence electrons. The molecule has 0 saturated heterocycles. The van der Waals surface area contributed by atoms with Gasteiger partial charge in [0.1, 0.15) is 5.75 Å². The number of phenolic OH excluding ortho intramolecular Hbond substituents is 1. The van der Waals surface area contributed by atoms with Crippen molar-refractivity contribution in [3.8, 4) is 11.5 Å². The van der Waals surface area contributed by atoms with Crippen LogP contribution in [-0.2, 0) is 10.5 Å². The maximum atomic E-state index is 11.9. The topological polar surface area (TPSA) is 112 Å². The lowest BCUT2D eigenvalue weighted by Crippen LogP contribution is -2.19. The van der Waals surface area contributed by atoms with Crippen LogP contribution in [0.5, 0.6) is 11.5 Å². The second-order valence-electron chi connectivity index (χ2n) is 5.96. The monoisotopic (exact) mass is 446 g/mol. The zero-order valence-corrected chi connectivity index (χ0v) is 17.9. The van der Waals surface area contributed by atoms with Crippen LogP contribution >= 0.6 is 34.9 Å². The van der Waals surface area contributed by atoms with E-state index in [9.17, 15) is 15.0 Å². The van der Waals surface area contributed by atoms with Crippen LogP contribution in [0.25, 0.3) is 0 Å². The van der Waals surface area contributed by atoms with Crippen molar-refractivity contribution in [1.29, 1.82) is 0 Å². The molecular formula is C19H18N4O3S3. The summed E-state index contributed by atoms with van der Waals surface area (Å²) in [5, 5.41) is 31.8. The van der Waals surface area contributed by atoms with E-state index in [0.717, 1.165) is 20.5 Å². The Hall–Kier alpha value is -2.56. The minimum atomic E-state index is -0.369. The maximum Gasteiger partial charge on any atom is 0.323 e. The number of benzene rings is 2. The highest BCUT2D eigenvalue weighted by molar-refractivity contribution is 8.03. The average molecular weight is 447 g/mol. The first kappa shape index (κ1) is 21.2. The first-order chi connectivity index (χ1) is 14.0. The number of nitrogens with zero attached hydrogens (tertiary/aromatic N) is 2. The van der Waals surface area contributed by atoms with Crippen LogP contribution in [0.15, 0.2) is 56.2 Å². The van der Waals surface area contributed by atoms with E-state index in [-0.39, 0.29) is 28.7 Å². The predicted molar refractivity (Wildman–Crippen MR) is 113 cm³/mol. The number of amides is 1. The molecule has 0 aliphatic heterocycles. The van der Waals surface area contributed by atoms with E-state index < -0.39 is 0 Å². The molecule has 1 amide bonds. The lowest BCUT2D eigenvalue weighted by atomic mass is 10.2. The van der Waals surface area contributed by atoms with Crippen molar-refractivity contribution in [3.05, 3.63) is 59.2 Å². The molecule has 2 aromatic carbocycles. The van der Waals surface area contributed by atoms with E-state index in [1.54, 1.807) is 11.8 Å². The van der Waals surface area contributed by atoms with Gasteiger partial charge in [0.2, 0.25) is 4.34 Å². The Morgan fingerprint density at radius 3 is 2.86 bits per heavy atom. The number of thioether (sulfide) groups is 2. The molecule has 0 spiro atoms. The largest absolute Gasteiger partial charge is 0.872 e. The number of aromatic nitrogens is 2. The summed E-state index contributed by atoms with van der Waals surface area (Å²) in [5.41, 5.74) is 5.13. The van der Waals surface area contributed by atoms with Gasteiger partial charge in [0.05, 0.1) is 12.0 Å². The van der Waals surface area contributed by atoms with Gasteiger partial charge in [0.15, 0.2) is 0 Å². The van der Waals surface area contributed by atoms with Gasteiger partial charge in [-0.2, -0.15) is 5.10 Å². The smallest absolute Gasteiger partial charge is 0.323 e. The number of aromatic hydroxyl groups is 1. The molecular weight excluding hydrogens is 428 g/mol. The molecule has 1 heterocycles. The first-order valence-corrected chi connectivity index (χ1v) is 11.3. The van der Waals surface area contributed by atoms with Crippen LogP contribution in [0.3, 0.4) is 0 Å². The van der Waals surface area contributed by atoms with Gasteiger partial charge in [-0.25, -0.2) is 5.43 Å². The van der Waals surface area contributed by atoms with Crippen molar-refractivity contribution < 1.29 is 20.1 Å². The number of hydrogen-bond donors (Lipinski definition) is 2. The predicted octanol–water partition coefficient (Wildman–Crippen LogP) is 2.58. The fraction of sp³-hybridized carbons (Fsp3) is 0.158. The third-order valence-electron chi connectivity index (χ3n) is 3.63. The van der Waals surface area contributed by atoms with Crippen molar-refractivity contribution in [3.63, 3.8) is 0 Å². The van der Waals surface area contributed by atoms with Crippen LogP contribution < -0.4 is 15.6 Å². The second-order valence-corrected chi connectivity index (χ2v) is 9.42. The Morgan fingerprint density at radius 1 is 1.31 bits per heavy atom. The van der Waals surface area contributed by atoms with E-state index in [2.05, 4.69) is 51.9 Å². The van der Waals surface area contributed by atoms with E-state index in [4.69, 9.17) is 0 Å². The molecule has 0 saturated carbocycles. The summed E-state index contributed by atoms with van der Waals surface area (Å²) in [4.78, 5) is 11.9. The van der Waals surface area contributed by atoms with Crippen molar-refractivity contribution in [2.45, 2.75) is 21.4 Å². The van der Waals surface area contributed by atoms with Crippen molar-refractivity contribution in [2.75, 3.05) is 5.75 Å². The Kier molecular flexibility index (Phi) is 7.50. The van der Waals surface area contributed by atoms with Gasteiger partial charge in [0.25, 0.3) is 5.91 Å². The van der Waals surface area contributed by atoms with E-state index in [0.29, 0.717) is 0 Å². The fourth-order valence-electron chi connectivity index (χ4n) is 2.14. The van der Waals surface area contributed by atoms with E-state index in [1.165, 1.54) is 52.6 Å². The lowest BCUT2D eigenvalue weighted by molar-refractivity contribution is -0.492. The maximum absolute atomic E-state index is 11.9. The van der Waals surface area contributed by atoms with E-state index >= 15 is 0 Å². The fourth-order valence-corrected chi connectivity index (χ4v) is 4.98. The Bertz CT molecular complexity index is 1010. The van der Waals surface area contributed by atoms with Crippen LogP contribution in [0, 0.1) is 6.92 Å². The zero-order valence-electron chi connectivity index (χ0n) is 15.4. The highest BCUT2D eigenvalue weighted by Crippen LogP contribution is 2.28. The number of aryl methyl sites for hydroxylation is 1. The van der Waals surface area contributed by atoms with E-state index in [1.807, 2.05) is 0 Å². The van der Waals surface area contributed by atoms with Gasteiger partial charge in [-0.3, -0.25) is 4.79 Å². The number of carbonyl (C=O) groups excluding carboxylic acids is 1. The SMILES string of the molecule is Cc1ccc(CSc2[nH+]nc(SCC(=O)N/N=C/c3ccc(O)cc3[O-])s2)cc1. The van der Waals surface area contributed by atoms with Crippen molar-refractivity contribution >= 4 is 47.0 Å². The molecule has 0 radical (unpaired) electrons. The Balaban J connectivity index is 1.42. The van der Waals surface area contributed by atoms with Crippen LogP contribution in [-0.4, -0.2) is 28.1 Å². The van der Waals surface area contributed by atoms with Crippen LogP contribution in [0.4, 0.5) is 0 Å². The summed E-state index contributed by atoms with van der Waals surface area (Å²) in [6.07, 6.45) is 1.25. The third kappa shape index (κ3) is 6.77. The summed E-state index contributed by atoms with van der Waals surface area (Å²) < 4.78 is 1.73. The second kappa shape index (κ2) is 10.3. The lowest BCUT2D eigenvalue weighted by Gasteiger charge is -2.09. The quantitative estimate of drug-likeness (QED) is 0.312. The van der Waals surface area contributed by atoms with Gasteiger partial charge in [-0.05, 0) is 53.3 Å². The number of aromatic amines is 1. The number of phenols is 1. The zero-order chi connectivity index (χ0) is 20.6. The highest BCUT2D eigenvalue weighted by atomic mass is 32.2. The molecule has 1 aromatic heterocycles. The van der Waals surface area contributed by atoms with Gasteiger partial charge in [0, 0.05) is 10.9 Å². The molecule has 3 N–H and O–H groups in total. The van der Waals surface area contributed by atoms with Gasteiger partial charge in [-0.15, -0.1) is 0 Å². The highest BCUT2D eigenvalue weighted by Gasteiger charge is 2.13. The summed E-state index contributed by atoms with van der Waals surface area (Å²) in [5.74, 6) is 0.217. The molecule has 0 atom stereocenters. The number of hydrazone groups is 1. The molecule has 0 unspecified atom stereocenters. The van der Waals surface area contributed by atoms with Crippen LogP contribution in [0.1, 0.15) is 16.7 Å². The molecule has 29 heavy (non-hydrogen) atoms. The summed E-state index contributed by atoms with van der Waals surface area (Å²) in [7, 11) is 0. The number of carbonyl (C=O) groups is 1. The normalized spacial score (nSPS) is 11.1. The minimum Gasteiger partial charge on any atom is -0.872 e. The minimum absolute atomic E-state index is 0.107. The third-order valence-corrected chi connectivity index (χ3v) is 6.95. The molecule has 0 bridgehead atoms. The van der Waals surface area contributed by atoms with Gasteiger partial charge < -0.3 is 10.2 Å². The molecule has 3 aromatic rings. The van der Waals surface area contributed by atoms with Gasteiger partial charge >= 0.3 is 4.34 Å². The summed E-state index contributed by atoms with van der Waals surface area (Å²) in [6.45, 7) is 2.06. The summed E-state index contributed by atoms with van der Waals surface area (Å²) in [6, 6.07) is 12.3. The average Bonchev–Trinajstić information content (AvgIpc) is 3.15. The van der Waals surface area contributed by atoms with Gasteiger partial charge in [-0.1, -0.05) is 58.5 Å². The number of rotatable bonds is 8. The molecule has 0 fully saturated rings. The molecule has 3 rings (SSSR count). The van der Waals surface area contributed by atoms with Crippen molar-refractivity contribution in [2.24, 2.45) is 5.10 Å². The van der Waals surface area contributed by atoms with Crippen LogP contribution in [0.2, 0.25) is 0 Å². The number of hydrogen-bond acceptors (Lipinski definition) is 8. The molecule has 0 aliphatic rings. The van der Waals surface area contributed by atoms with Crippen molar-refractivity contribution in [1.82, 2.24) is 10.5 Å².